The molecule has 1 saturated heterocycles. The molecule has 1 aliphatic heterocycles. The SMILES string of the molecule is Cc1ccc(S(=O)(=O)[O-])cc1.Cc1ccc2sc(CCC(=O)NCCC[N+]3(N)CCCC3c3ccc(Cl)c(Cl)c3)nc2n1. The van der Waals surface area contributed by atoms with E-state index < -0.39 is 10.1 Å². The summed E-state index contributed by atoms with van der Waals surface area (Å²) in [6, 6.07) is 15.8. The first-order valence-electron chi connectivity index (χ1n) is 14.0. The summed E-state index contributed by atoms with van der Waals surface area (Å²) in [4.78, 5) is 21.1. The molecule has 2 unspecified atom stereocenters. The zero-order valence-corrected chi connectivity index (χ0v) is 27.2. The molecule has 0 radical (unpaired) electrons. The van der Waals surface area contributed by atoms with Crippen LogP contribution in [0.3, 0.4) is 0 Å². The lowest BCUT2D eigenvalue weighted by Crippen LogP contribution is -2.54. The van der Waals surface area contributed by atoms with Crippen molar-refractivity contribution < 1.29 is 22.4 Å². The lowest BCUT2D eigenvalue weighted by molar-refractivity contribution is -0.956. The lowest BCUT2D eigenvalue weighted by atomic mass is 10.0. The number of carbonyl (C=O) groups excluding carboxylic acids is 1. The van der Waals surface area contributed by atoms with Crippen LogP contribution < -0.4 is 11.2 Å². The number of hydrogen-bond acceptors (Lipinski definition) is 8. The molecule has 1 amide bonds. The van der Waals surface area contributed by atoms with Crippen molar-refractivity contribution in [1.82, 2.24) is 15.3 Å². The first-order valence-corrected chi connectivity index (χ1v) is 16.9. The van der Waals surface area contributed by atoms with Crippen molar-refractivity contribution >= 4 is 60.9 Å². The normalized spacial score (nSPS) is 18.3. The first kappa shape index (κ1) is 33.3. The topological polar surface area (TPSA) is 138 Å². The number of quaternary nitrogens is 1. The van der Waals surface area contributed by atoms with Gasteiger partial charge in [0.2, 0.25) is 5.91 Å². The Morgan fingerprint density at radius 3 is 2.53 bits per heavy atom. The molecule has 43 heavy (non-hydrogen) atoms. The van der Waals surface area contributed by atoms with E-state index in [1.54, 1.807) is 23.5 Å². The number of pyridine rings is 1. The molecule has 1 aliphatic rings. The second-order valence-electron chi connectivity index (χ2n) is 10.7. The number of likely N-dealkylation sites (tertiary alicyclic amines) is 1. The van der Waals surface area contributed by atoms with Crippen LogP contribution in [0.25, 0.3) is 10.3 Å². The van der Waals surface area contributed by atoms with Gasteiger partial charge >= 0.3 is 0 Å². The van der Waals surface area contributed by atoms with E-state index in [1.165, 1.54) is 12.1 Å². The van der Waals surface area contributed by atoms with E-state index in [1.807, 2.05) is 44.2 Å². The molecule has 2 atom stereocenters. The van der Waals surface area contributed by atoms with Gasteiger partial charge in [-0.25, -0.2) is 23.0 Å². The number of thiazole rings is 1. The average Bonchev–Trinajstić information content (AvgIpc) is 3.54. The van der Waals surface area contributed by atoms with Crippen molar-refractivity contribution in [3.63, 3.8) is 0 Å². The molecular formula is C30H35Cl2N5O4S2. The Morgan fingerprint density at radius 2 is 1.84 bits per heavy atom. The molecule has 13 heteroatoms. The van der Waals surface area contributed by atoms with Gasteiger partial charge in [0.25, 0.3) is 0 Å². The van der Waals surface area contributed by atoms with Crippen LogP contribution in [0.5, 0.6) is 0 Å². The minimum Gasteiger partial charge on any atom is -0.744 e. The third-order valence-corrected chi connectivity index (χ3v) is 10.0. The number of nitrogens with one attached hydrogen (secondary N) is 1. The van der Waals surface area contributed by atoms with Gasteiger partial charge in [0.15, 0.2) is 5.65 Å². The van der Waals surface area contributed by atoms with E-state index in [2.05, 4.69) is 15.3 Å². The van der Waals surface area contributed by atoms with Crippen LogP contribution in [0, 0.1) is 13.8 Å². The number of nitrogens with two attached hydrogens (primary N) is 1. The maximum atomic E-state index is 12.3. The smallest absolute Gasteiger partial charge is 0.220 e. The van der Waals surface area contributed by atoms with Gasteiger partial charge in [-0.05, 0) is 50.2 Å². The standard InChI is InChI=1S/C23H27Cl2N5OS.C7H8O3S/c1-15-5-8-20-23(28-15)29-22(32-20)10-9-21(31)27-11-3-13-30(26)12-2-4-19(30)16-6-7-17(24)18(25)14-16;1-6-2-4-7(5-3-6)11(8,9)10/h5-8,14,19H,2-4,9-13,26H2,1H3;2-5H,1H3,(H,8,9,10). The highest BCUT2D eigenvalue weighted by atomic mass is 35.5. The fourth-order valence-electron chi connectivity index (χ4n) is 5.12. The third-order valence-electron chi connectivity index (χ3n) is 7.39. The molecule has 0 saturated carbocycles. The number of amides is 1. The zero-order chi connectivity index (χ0) is 31.2. The van der Waals surface area contributed by atoms with Crippen molar-refractivity contribution in [2.45, 2.75) is 56.9 Å². The fourth-order valence-corrected chi connectivity index (χ4v) is 6.81. The summed E-state index contributed by atoms with van der Waals surface area (Å²) in [5.41, 5.74) is 3.78. The minimum atomic E-state index is -4.27. The predicted octanol–water partition coefficient (Wildman–Crippen LogP) is 5.87. The van der Waals surface area contributed by atoms with E-state index in [-0.39, 0.29) is 16.8 Å². The van der Waals surface area contributed by atoms with E-state index in [0.717, 1.165) is 64.5 Å². The van der Waals surface area contributed by atoms with Crippen LogP contribution in [0.2, 0.25) is 10.0 Å². The van der Waals surface area contributed by atoms with Crippen molar-refractivity contribution in [2.75, 3.05) is 19.6 Å². The zero-order valence-electron chi connectivity index (χ0n) is 24.1. The molecule has 1 fully saturated rings. The van der Waals surface area contributed by atoms with E-state index in [9.17, 15) is 17.8 Å². The Labute approximate surface area is 266 Å². The van der Waals surface area contributed by atoms with Gasteiger partial charge in [-0.15, -0.1) is 11.3 Å². The predicted molar refractivity (Wildman–Crippen MR) is 170 cm³/mol. The quantitative estimate of drug-likeness (QED) is 0.0988. The summed E-state index contributed by atoms with van der Waals surface area (Å²) in [5.74, 6) is 6.80. The number of aryl methyl sites for hydroxylation is 3. The molecule has 5 rings (SSSR count). The summed E-state index contributed by atoms with van der Waals surface area (Å²) < 4.78 is 32.7. The molecular weight excluding hydrogens is 629 g/mol. The molecule has 9 nitrogen and oxygen atoms in total. The van der Waals surface area contributed by atoms with Crippen LogP contribution in [0.1, 0.15) is 53.6 Å². The second kappa shape index (κ2) is 14.4. The van der Waals surface area contributed by atoms with Crippen molar-refractivity contribution in [2.24, 2.45) is 5.84 Å². The van der Waals surface area contributed by atoms with Crippen LogP contribution in [-0.2, 0) is 21.3 Å². The number of rotatable bonds is 9. The summed E-state index contributed by atoms with van der Waals surface area (Å²) >= 11 is 13.9. The van der Waals surface area contributed by atoms with Crippen LogP contribution in [-0.4, -0.2) is 53.1 Å². The van der Waals surface area contributed by atoms with Crippen LogP contribution >= 0.6 is 34.5 Å². The summed E-state index contributed by atoms with van der Waals surface area (Å²) in [6.07, 6.45) is 3.97. The highest BCUT2D eigenvalue weighted by Crippen LogP contribution is 2.38. The molecule has 0 bridgehead atoms. The number of carbonyl (C=O) groups is 1. The van der Waals surface area contributed by atoms with Gasteiger partial charge in [-0.3, -0.25) is 4.79 Å². The number of hydrogen-bond donors (Lipinski definition) is 2. The van der Waals surface area contributed by atoms with Crippen molar-refractivity contribution in [3.8, 4) is 0 Å². The van der Waals surface area contributed by atoms with Crippen molar-refractivity contribution in [1.29, 1.82) is 0 Å². The maximum absolute atomic E-state index is 12.3. The van der Waals surface area contributed by atoms with Gasteiger partial charge in [0.05, 0.1) is 37.7 Å². The first-order chi connectivity index (χ1) is 20.3. The Hall–Kier alpha value is -2.64. The summed E-state index contributed by atoms with van der Waals surface area (Å²) in [6.45, 7) is 6.11. The van der Waals surface area contributed by atoms with Gasteiger partial charge < -0.3 is 9.87 Å². The van der Waals surface area contributed by atoms with Gasteiger partial charge in [0.1, 0.15) is 16.2 Å². The Kier molecular flexibility index (Phi) is 11.2. The highest BCUT2D eigenvalue weighted by Gasteiger charge is 2.40. The number of aromatic nitrogens is 2. The monoisotopic (exact) mass is 663 g/mol. The minimum absolute atomic E-state index is 0.0411. The number of nitrogens with zero attached hydrogens (tertiary/aromatic N) is 3. The third kappa shape index (κ3) is 9.18. The highest BCUT2D eigenvalue weighted by molar-refractivity contribution is 7.85. The Balaban J connectivity index is 0.000000324. The number of halogens is 2. The Bertz CT molecular complexity index is 1680. The molecule has 230 valence electrons. The molecule has 3 N–H and O–H groups in total. The number of fused-ring (bicyclic) bond motifs is 1. The number of benzene rings is 2. The summed E-state index contributed by atoms with van der Waals surface area (Å²) in [5, 5.41) is 5.09. The van der Waals surface area contributed by atoms with E-state index in [0.29, 0.717) is 34.0 Å². The molecule has 4 aromatic rings. The molecule has 2 aromatic carbocycles. The van der Waals surface area contributed by atoms with E-state index >= 15 is 0 Å². The largest absolute Gasteiger partial charge is 0.744 e. The lowest BCUT2D eigenvalue weighted by Gasteiger charge is -2.35. The summed E-state index contributed by atoms with van der Waals surface area (Å²) in [7, 11) is -4.27. The Morgan fingerprint density at radius 1 is 1.09 bits per heavy atom. The molecule has 0 aliphatic carbocycles. The van der Waals surface area contributed by atoms with Gasteiger partial charge in [-0.2, -0.15) is 5.84 Å². The molecule has 3 heterocycles. The average molecular weight is 665 g/mol. The fraction of sp³-hybridized carbons (Fsp3) is 0.367. The maximum Gasteiger partial charge on any atom is 0.220 e. The van der Waals surface area contributed by atoms with Crippen molar-refractivity contribution in [3.05, 3.63) is 86.5 Å². The van der Waals surface area contributed by atoms with E-state index in [4.69, 9.17) is 29.0 Å². The van der Waals surface area contributed by atoms with Gasteiger partial charge in [0, 0.05) is 49.9 Å². The van der Waals surface area contributed by atoms with Gasteiger partial charge in [-0.1, -0.05) is 47.0 Å². The van der Waals surface area contributed by atoms with Crippen LogP contribution in [0.4, 0.5) is 0 Å². The molecule has 0 spiro atoms. The second-order valence-corrected chi connectivity index (χ2v) is 14.0. The van der Waals surface area contributed by atoms with Crippen LogP contribution in [0.15, 0.2) is 59.5 Å². The molecule has 2 aromatic heterocycles.